The Bertz CT molecular complexity index is 790. The van der Waals surface area contributed by atoms with E-state index in [-0.39, 0.29) is 18.3 Å². The predicted molar refractivity (Wildman–Crippen MR) is 92.3 cm³/mol. The minimum atomic E-state index is -4.73. The van der Waals surface area contributed by atoms with Gasteiger partial charge in [-0.2, -0.15) is 0 Å². The van der Waals surface area contributed by atoms with Crippen LogP contribution in [0.25, 0.3) is 0 Å². The normalized spacial score (nSPS) is 12.0. The average molecular weight is 368 g/mol. The van der Waals surface area contributed by atoms with E-state index in [9.17, 15) is 13.2 Å². The van der Waals surface area contributed by atoms with Crippen LogP contribution in [0.1, 0.15) is 16.8 Å². The van der Waals surface area contributed by atoms with Gasteiger partial charge in [0.05, 0.1) is 19.3 Å². The number of aliphatic imine (C=N–C) groups is 1. The Morgan fingerprint density at radius 1 is 1.23 bits per heavy atom. The number of nitrogens with zero attached hydrogens (tertiary/aromatic N) is 2. The molecule has 0 unspecified atom stereocenters. The van der Waals surface area contributed by atoms with Crippen LogP contribution in [0, 0.1) is 13.8 Å². The van der Waals surface area contributed by atoms with Crippen molar-refractivity contribution in [3.8, 4) is 11.5 Å². The number of anilines is 1. The summed E-state index contributed by atoms with van der Waals surface area (Å²) >= 11 is 0. The quantitative estimate of drug-likeness (QED) is 0.623. The summed E-state index contributed by atoms with van der Waals surface area (Å²) in [5.74, 6) is 0.539. The van der Waals surface area contributed by atoms with Gasteiger partial charge < -0.3 is 20.5 Å². The molecule has 0 aliphatic heterocycles. The number of guanidine groups is 1. The van der Waals surface area contributed by atoms with E-state index in [4.69, 9.17) is 10.5 Å². The highest BCUT2D eigenvalue weighted by Crippen LogP contribution is 2.25. The standard InChI is InChI=1S/C17H19F3N4O2/c1-10-8-22-14(11(2)15(10)25-3)9-23-16(21)24-12-4-6-13(7-5-12)26-17(18,19)20/h4-8H,9H2,1-3H3,(H3,21,23,24). The molecule has 0 spiro atoms. The highest BCUT2D eigenvalue weighted by Gasteiger charge is 2.30. The predicted octanol–water partition coefficient (Wildman–Crippen LogP) is 3.53. The molecule has 0 atom stereocenters. The number of nitrogens with one attached hydrogen (secondary N) is 1. The van der Waals surface area contributed by atoms with Gasteiger partial charge in [0.2, 0.25) is 0 Å². The van der Waals surface area contributed by atoms with Crippen molar-refractivity contribution in [1.82, 2.24) is 4.98 Å². The highest BCUT2D eigenvalue weighted by molar-refractivity contribution is 5.92. The Kier molecular flexibility index (Phi) is 5.91. The van der Waals surface area contributed by atoms with Gasteiger partial charge in [-0.25, -0.2) is 4.99 Å². The smallest absolute Gasteiger partial charge is 0.496 e. The molecule has 140 valence electrons. The Morgan fingerprint density at radius 2 is 1.88 bits per heavy atom. The molecular formula is C17H19F3N4O2. The van der Waals surface area contributed by atoms with Gasteiger partial charge in [0, 0.05) is 23.0 Å². The van der Waals surface area contributed by atoms with Crippen LogP contribution in [0.15, 0.2) is 35.5 Å². The summed E-state index contributed by atoms with van der Waals surface area (Å²) in [5, 5.41) is 2.79. The molecule has 6 nitrogen and oxygen atoms in total. The van der Waals surface area contributed by atoms with Gasteiger partial charge in [-0.3, -0.25) is 4.98 Å². The molecule has 0 aliphatic carbocycles. The summed E-state index contributed by atoms with van der Waals surface area (Å²) in [6.07, 6.45) is -3.03. The second-order valence-electron chi connectivity index (χ2n) is 5.44. The molecule has 1 aromatic heterocycles. The third-order valence-electron chi connectivity index (χ3n) is 3.51. The van der Waals surface area contributed by atoms with Crippen molar-refractivity contribution in [1.29, 1.82) is 0 Å². The van der Waals surface area contributed by atoms with Crippen LogP contribution >= 0.6 is 0 Å². The van der Waals surface area contributed by atoms with Gasteiger partial charge in [-0.05, 0) is 38.1 Å². The van der Waals surface area contributed by atoms with Crippen LogP contribution in [0.3, 0.4) is 0 Å². The molecule has 1 heterocycles. The first-order chi connectivity index (χ1) is 12.2. The number of benzene rings is 1. The molecule has 0 radical (unpaired) electrons. The molecule has 26 heavy (non-hydrogen) atoms. The van der Waals surface area contributed by atoms with E-state index in [0.29, 0.717) is 11.4 Å². The molecule has 0 aliphatic rings. The Balaban J connectivity index is 2.03. The van der Waals surface area contributed by atoms with Gasteiger partial charge in [-0.15, -0.1) is 13.2 Å². The second-order valence-corrected chi connectivity index (χ2v) is 5.44. The summed E-state index contributed by atoms with van der Waals surface area (Å²) in [5.41, 5.74) is 8.80. The minimum absolute atomic E-state index is 0.107. The third kappa shape index (κ3) is 5.27. The minimum Gasteiger partial charge on any atom is -0.496 e. The molecule has 0 saturated heterocycles. The molecule has 2 rings (SSSR count). The van der Waals surface area contributed by atoms with E-state index < -0.39 is 6.36 Å². The van der Waals surface area contributed by atoms with Crippen LogP contribution in [0.4, 0.5) is 18.9 Å². The first-order valence-electron chi connectivity index (χ1n) is 7.61. The molecule has 1 aromatic carbocycles. The lowest BCUT2D eigenvalue weighted by molar-refractivity contribution is -0.274. The van der Waals surface area contributed by atoms with Crippen molar-refractivity contribution in [3.63, 3.8) is 0 Å². The Hall–Kier alpha value is -2.97. The van der Waals surface area contributed by atoms with E-state index in [0.717, 1.165) is 16.9 Å². The maximum Gasteiger partial charge on any atom is 0.573 e. The van der Waals surface area contributed by atoms with Crippen LogP contribution in [-0.2, 0) is 6.54 Å². The fourth-order valence-electron chi connectivity index (χ4n) is 2.32. The Morgan fingerprint density at radius 3 is 2.46 bits per heavy atom. The number of halogens is 3. The number of rotatable bonds is 5. The fourth-order valence-corrected chi connectivity index (χ4v) is 2.32. The second kappa shape index (κ2) is 7.94. The van der Waals surface area contributed by atoms with Crippen LogP contribution in [0.2, 0.25) is 0 Å². The van der Waals surface area contributed by atoms with E-state index >= 15 is 0 Å². The summed E-state index contributed by atoms with van der Waals surface area (Å²) in [6.45, 7) is 4.01. The van der Waals surface area contributed by atoms with Gasteiger partial charge in [0.15, 0.2) is 5.96 Å². The molecule has 0 bridgehead atoms. The summed E-state index contributed by atoms with van der Waals surface area (Å²) in [6, 6.07) is 5.17. The number of aryl methyl sites for hydroxylation is 1. The number of ether oxygens (including phenoxy) is 2. The maximum atomic E-state index is 12.1. The molecular weight excluding hydrogens is 349 g/mol. The number of hydrogen-bond donors (Lipinski definition) is 2. The first-order valence-corrected chi connectivity index (χ1v) is 7.61. The largest absolute Gasteiger partial charge is 0.573 e. The Labute approximate surface area is 148 Å². The van der Waals surface area contributed by atoms with Gasteiger partial charge in [0.1, 0.15) is 11.5 Å². The van der Waals surface area contributed by atoms with Crippen molar-refractivity contribution in [2.45, 2.75) is 26.8 Å². The SMILES string of the molecule is COc1c(C)cnc(CN=C(N)Nc2ccc(OC(F)(F)F)cc2)c1C. The van der Waals surface area contributed by atoms with Crippen molar-refractivity contribution in [2.24, 2.45) is 10.7 Å². The number of aromatic nitrogens is 1. The van der Waals surface area contributed by atoms with Crippen molar-refractivity contribution >= 4 is 11.6 Å². The lowest BCUT2D eigenvalue weighted by atomic mass is 10.1. The van der Waals surface area contributed by atoms with Crippen LogP contribution in [-0.4, -0.2) is 24.4 Å². The van der Waals surface area contributed by atoms with Gasteiger partial charge >= 0.3 is 6.36 Å². The topological polar surface area (TPSA) is 81.8 Å². The monoisotopic (exact) mass is 368 g/mol. The molecule has 0 amide bonds. The molecule has 0 saturated carbocycles. The summed E-state index contributed by atoms with van der Waals surface area (Å²) < 4.78 is 45.5. The van der Waals surface area contributed by atoms with Crippen molar-refractivity contribution in [3.05, 3.63) is 47.3 Å². The van der Waals surface area contributed by atoms with Crippen molar-refractivity contribution < 1.29 is 22.6 Å². The lowest BCUT2D eigenvalue weighted by Gasteiger charge is -2.12. The lowest BCUT2D eigenvalue weighted by Crippen LogP contribution is -2.22. The van der Waals surface area contributed by atoms with E-state index in [2.05, 4.69) is 20.0 Å². The molecule has 0 fully saturated rings. The van der Waals surface area contributed by atoms with Gasteiger partial charge in [0.25, 0.3) is 0 Å². The number of hydrogen-bond acceptors (Lipinski definition) is 4. The van der Waals surface area contributed by atoms with E-state index in [1.165, 1.54) is 24.3 Å². The van der Waals surface area contributed by atoms with E-state index in [1.807, 2.05) is 13.8 Å². The van der Waals surface area contributed by atoms with Crippen LogP contribution in [0.5, 0.6) is 11.5 Å². The number of alkyl halides is 3. The molecule has 3 N–H and O–H groups in total. The summed E-state index contributed by atoms with van der Waals surface area (Å²) in [7, 11) is 1.59. The number of nitrogens with two attached hydrogens (primary N) is 1. The zero-order chi connectivity index (χ0) is 19.3. The first kappa shape index (κ1) is 19.4. The fraction of sp³-hybridized carbons (Fsp3) is 0.294. The highest BCUT2D eigenvalue weighted by atomic mass is 19.4. The zero-order valence-electron chi connectivity index (χ0n) is 14.5. The van der Waals surface area contributed by atoms with Gasteiger partial charge in [-0.1, -0.05) is 0 Å². The maximum absolute atomic E-state index is 12.1. The van der Waals surface area contributed by atoms with E-state index in [1.54, 1.807) is 13.3 Å². The molecule has 9 heteroatoms. The van der Waals surface area contributed by atoms with Crippen molar-refractivity contribution in [2.75, 3.05) is 12.4 Å². The number of pyridine rings is 1. The van der Waals surface area contributed by atoms with Crippen LogP contribution < -0.4 is 20.5 Å². The average Bonchev–Trinajstić information content (AvgIpc) is 2.55. The summed E-state index contributed by atoms with van der Waals surface area (Å²) in [4.78, 5) is 8.51. The zero-order valence-corrected chi connectivity index (χ0v) is 14.5. The third-order valence-corrected chi connectivity index (χ3v) is 3.51. The number of methoxy groups -OCH3 is 1. The molecule has 2 aromatic rings.